The quantitative estimate of drug-likeness (QED) is 0.754. The fourth-order valence-corrected chi connectivity index (χ4v) is 2.79. The highest BCUT2D eigenvalue weighted by atomic mass is 32.1. The lowest BCUT2D eigenvalue weighted by Crippen LogP contribution is -2.30. The fourth-order valence-electron chi connectivity index (χ4n) is 2.06. The zero-order valence-electron chi connectivity index (χ0n) is 12.2. The average molecular weight is 331 g/mol. The molecule has 0 saturated carbocycles. The van der Waals surface area contributed by atoms with E-state index in [1.54, 1.807) is 12.1 Å². The number of nitrogens with one attached hydrogen (secondary N) is 1. The van der Waals surface area contributed by atoms with Crippen LogP contribution in [-0.4, -0.2) is 29.0 Å². The molecule has 3 aromatic rings. The minimum atomic E-state index is -0.268. The van der Waals surface area contributed by atoms with Crippen molar-refractivity contribution in [1.82, 2.24) is 15.3 Å². The van der Waals surface area contributed by atoms with Gasteiger partial charge in [0.05, 0.1) is 5.39 Å². The highest BCUT2D eigenvalue weighted by Crippen LogP contribution is 2.25. The third-order valence-electron chi connectivity index (χ3n) is 3.21. The highest BCUT2D eigenvalue weighted by molar-refractivity contribution is 7.16. The maximum Gasteiger partial charge on any atom is 0.258 e. The summed E-state index contributed by atoms with van der Waals surface area (Å²) < 4.78 is 18.2. The van der Waals surface area contributed by atoms with Crippen molar-refractivity contribution in [2.24, 2.45) is 0 Å². The van der Waals surface area contributed by atoms with Crippen LogP contribution in [0.1, 0.15) is 5.56 Å². The van der Waals surface area contributed by atoms with Gasteiger partial charge in [0.1, 0.15) is 17.0 Å². The van der Waals surface area contributed by atoms with E-state index in [0.717, 1.165) is 15.8 Å². The van der Waals surface area contributed by atoms with E-state index in [2.05, 4.69) is 15.3 Å². The van der Waals surface area contributed by atoms with E-state index in [9.17, 15) is 9.18 Å². The zero-order valence-corrected chi connectivity index (χ0v) is 13.0. The molecule has 1 aromatic carbocycles. The van der Waals surface area contributed by atoms with Gasteiger partial charge in [0, 0.05) is 6.54 Å². The number of amides is 1. The van der Waals surface area contributed by atoms with Gasteiger partial charge < -0.3 is 10.1 Å². The first kappa shape index (κ1) is 15.4. The van der Waals surface area contributed by atoms with Crippen LogP contribution in [0.2, 0.25) is 0 Å². The molecule has 2 aromatic heterocycles. The Morgan fingerprint density at radius 2 is 2.04 bits per heavy atom. The van der Waals surface area contributed by atoms with E-state index in [4.69, 9.17) is 4.74 Å². The second-order valence-electron chi connectivity index (χ2n) is 4.83. The van der Waals surface area contributed by atoms with Crippen molar-refractivity contribution in [3.8, 4) is 5.88 Å². The van der Waals surface area contributed by atoms with Crippen molar-refractivity contribution in [3.63, 3.8) is 0 Å². The van der Waals surface area contributed by atoms with Crippen LogP contribution in [0.4, 0.5) is 4.39 Å². The summed E-state index contributed by atoms with van der Waals surface area (Å²) >= 11 is 1.49. The van der Waals surface area contributed by atoms with Crippen LogP contribution < -0.4 is 10.1 Å². The number of aromatic nitrogens is 2. The molecule has 0 saturated heterocycles. The molecule has 1 N–H and O–H groups in total. The first-order chi connectivity index (χ1) is 11.2. The van der Waals surface area contributed by atoms with Gasteiger partial charge in [-0.2, -0.15) is 0 Å². The number of fused-ring (bicyclic) bond motifs is 1. The van der Waals surface area contributed by atoms with Gasteiger partial charge in [0.2, 0.25) is 5.88 Å². The Morgan fingerprint density at radius 1 is 1.22 bits per heavy atom. The van der Waals surface area contributed by atoms with Gasteiger partial charge in [-0.25, -0.2) is 14.4 Å². The highest BCUT2D eigenvalue weighted by Gasteiger charge is 2.08. The molecule has 0 spiro atoms. The summed E-state index contributed by atoms with van der Waals surface area (Å²) in [5.41, 5.74) is 0.961. The maximum absolute atomic E-state index is 12.8. The lowest BCUT2D eigenvalue weighted by Gasteiger charge is -2.07. The zero-order chi connectivity index (χ0) is 16.1. The smallest absolute Gasteiger partial charge is 0.258 e. The lowest BCUT2D eigenvalue weighted by atomic mass is 10.1. The molecule has 23 heavy (non-hydrogen) atoms. The summed E-state index contributed by atoms with van der Waals surface area (Å²) in [5, 5.41) is 5.46. The van der Waals surface area contributed by atoms with E-state index in [1.807, 2.05) is 11.4 Å². The van der Waals surface area contributed by atoms with Crippen molar-refractivity contribution in [2.75, 3.05) is 13.2 Å². The van der Waals surface area contributed by atoms with Crippen molar-refractivity contribution in [2.45, 2.75) is 6.42 Å². The Balaban J connectivity index is 1.46. The average Bonchev–Trinajstić information content (AvgIpc) is 3.04. The Kier molecular flexibility index (Phi) is 4.77. The normalized spacial score (nSPS) is 10.7. The predicted octanol–water partition coefficient (Wildman–Crippen LogP) is 2.57. The molecule has 0 unspecified atom stereocenters. The Hall–Kier alpha value is -2.54. The number of ether oxygens (including phenoxy) is 1. The van der Waals surface area contributed by atoms with Crippen molar-refractivity contribution in [1.29, 1.82) is 0 Å². The number of benzene rings is 1. The van der Waals surface area contributed by atoms with E-state index in [0.29, 0.717) is 18.8 Å². The molecule has 1 amide bonds. The lowest BCUT2D eigenvalue weighted by molar-refractivity contribution is -0.123. The van der Waals surface area contributed by atoms with Crippen LogP contribution in [0.5, 0.6) is 5.88 Å². The second-order valence-corrected chi connectivity index (χ2v) is 5.73. The number of nitrogens with zero attached hydrogens (tertiary/aromatic N) is 2. The van der Waals surface area contributed by atoms with Crippen molar-refractivity contribution >= 4 is 27.5 Å². The van der Waals surface area contributed by atoms with Crippen LogP contribution in [0.15, 0.2) is 42.0 Å². The van der Waals surface area contributed by atoms with Gasteiger partial charge in [-0.1, -0.05) is 12.1 Å². The molecular formula is C16H14FN3O2S. The fraction of sp³-hybridized carbons (Fsp3) is 0.188. The van der Waals surface area contributed by atoms with Gasteiger partial charge >= 0.3 is 0 Å². The van der Waals surface area contributed by atoms with E-state index in [1.165, 1.54) is 29.8 Å². The van der Waals surface area contributed by atoms with E-state index < -0.39 is 0 Å². The minimum Gasteiger partial charge on any atom is -0.467 e. The van der Waals surface area contributed by atoms with Crippen LogP contribution in [0.3, 0.4) is 0 Å². The molecule has 0 fully saturated rings. The minimum absolute atomic E-state index is 0.106. The summed E-state index contributed by atoms with van der Waals surface area (Å²) in [6.45, 7) is 0.358. The first-order valence-electron chi connectivity index (χ1n) is 7.04. The molecular weight excluding hydrogens is 317 g/mol. The largest absolute Gasteiger partial charge is 0.467 e. The molecule has 0 radical (unpaired) electrons. The summed E-state index contributed by atoms with van der Waals surface area (Å²) in [4.78, 5) is 20.8. The molecule has 118 valence electrons. The van der Waals surface area contributed by atoms with Gasteiger partial charge in [0.15, 0.2) is 6.61 Å². The molecule has 5 nitrogen and oxygen atoms in total. The Labute approximate surface area is 136 Å². The van der Waals surface area contributed by atoms with Crippen molar-refractivity contribution in [3.05, 3.63) is 53.4 Å². The van der Waals surface area contributed by atoms with Crippen molar-refractivity contribution < 1.29 is 13.9 Å². The van der Waals surface area contributed by atoms with E-state index >= 15 is 0 Å². The Morgan fingerprint density at radius 3 is 2.87 bits per heavy atom. The van der Waals surface area contributed by atoms with Crippen LogP contribution in [0, 0.1) is 5.82 Å². The molecule has 2 heterocycles. The summed E-state index contributed by atoms with van der Waals surface area (Å²) in [7, 11) is 0. The van der Waals surface area contributed by atoms with E-state index in [-0.39, 0.29) is 18.3 Å². The Bertz CT molecular complexity index is 804. The molecule has 0 aliphatic heterocycles. The van der Waals surface area contributed by atoms with Gasteiger partial charge in [-0.3, -0.25) is 4.79 Å². The topological polar surface area (TPSA) is 64.1 Å². The summed E-state index contributed by atoms with van der Waals surface area (Å²) in [6, 6.07) is 8.07. The third-order valence-corrected chi connectivity index (χ3v) is 4.04. The number of hydrogen-bond donors (Lipinski definition) is 1. The molecule has 3 rings (SSSR count). The first-order valence-corrected chi connectivity index (χ1v) is 7.92. The van der Waals surface area contributed by atoms with Crippen LogP contribution in [-0.2, 0) is 11.2 Å². The number of thiophene rings is 1. The molecule has 0 aliphatic rings. The number of carbonyl (C=O) groups excluding carboxylic acids is 1. The molecule has 7 heteroatoms. The number of carbonyl (C=O) groups is 1. The monoisotopic (exact) mass is 331 g/mol. The SMILES string of the molecule is O=C(COc1ncnc2sccc12)NCCc1ccc(F)cc1. The van der Waals surface area contributed by atoms with Gasteiger partial charge in [0.25, 0.3) is 5.91 Å². The summed E-state index contributed by atoms with van der Waals surface area (Å²) in [5.74, 6) is -0.0881. The van der Waals surface area contributed by atoms with Crippen LogP contribution in [0.25, 0.3) is 10.2 Å². The number of rotatable bonds is 6. The van der Waals surface area contributed by atoms with Gasteiger partial charge in [-0.15, -0.1) is 11.3 Å². The number of halogens is 1. The maximum atomic E-state index is 12.8. The standard InChI is InChI=1S/C16H14FN3O2S/c17-12-3-1-11(2-4-12)5-7-18-14(21)9-22-15-13-6-8-23-16(13)20-10-19-15/h1-4,6,8,10H,5,7,9H2,(H,18,21). The number of hydrogen-bond acceptors (Lipinski definition) is 5. The molecule has 0 bridgehead atoms. The van der Waals surface area contributed by atoms with Crippen LogP contribution >= 0.6 is 11.3 Å². The van der Waals surface area contributed by atoms with Gasteiger partial charge in [-0.05, 0) is 35.6 Å². The second kappa shape index (κ2) is 7.15. The predicted molar refractivity (Wildman–Crippen MR) is 86.0 cm³/mol. The third kappa shape index (κ3) is 4.01. The molecule has 0 atom stereocenters. The summed E-state index contributed by atoms with van der Waals surface area (Å²) in [6.07, 6.45) is 2.05. The molecule has 0 aliphatic carbocycles.